The third-order valence-corrected chi connectivity index (χ3v) is 3.65. The maximum absolute atomic E-state index is 14.0. The maximum Gasteiger partial charge on any atom is 0.340 e. The van der Waals surface area contributed by atoms with Crippen LogP contribution in [0.15, 0.2) is 42.5 Å². The molecule has 0 saturated carbocycles. The van der Waals surface area contributed by atoms with Crippen molar-refractivity contribution in [3.05, 3.63) is 53.8 Å². The van der Waals surface area contributed by atoms with Gasteiger partial charge in [0.2, 0.25) is 0 Å². The van der Waals surface area contributed by atoms with E-state index >= 15 is 0 Å². The molecule has 0 aliphatic rings. The van der Waals surface area contributed by atoms with Crippen LogP contribution in [0.25, 0.3) is 11.1 Å². The van der Waals surface area contributed by atoms with E-state index in [1.807, 2.05) is 24.3 Å². The summed E-state index contributed by atoms with van der Waals surface area (Å²) in [5, 5.41) is 12.5. The van der Waals surface area contributed by atoms with Crippen molar-refractivity contribution in [3.8, 4) is 11.1 Å². The number of rotatable bonds is 6. The van der Waals surface area contributed by atoms with E-state index in [1.165, 1.54) is 19.2 Å². The van der Waals surface area contributed by atoms with Gasteiger partial charge in [-0.15, -0.1) is 11.6 Å². The van der Waals surface area contributed by atoms with Gasteiger partial charge >= 0.3 is 5.97 Å². The second-order valence-corrected chi connectivity index (χ2v) is 5.26. The smallest absolute Gasteiger partial charge is 0.340 e. The van der Waals surface area contributed by atoms with E-state index in [9.17, 15) is 14.3 Å². The number of hydrogen-bond donors (Lipinski definition) is 2. The zero-order valence-electron chi connectivity index (χ0n) is 12.6. The van der Waals surface area contributed by atoms with Crippen molar-refractivity contribution in [2.75, 3.05) is 24.9 Å². The molecule has 0 heterocycles. The van der Waals surface area contributed by atoms with Crippen LogP contribution in [0, 0.1) is 5.82 Å². The molecule has 0 aliphatic heterocycles. The molecule has 0 bridgehead atoms. The Hall–Kier alpha value is -2.11. The van der Waals surface area contributed by atoms with E-state index in [2.05, 4.69) is 10.1 Å². The molecular formula is C17H17ClFNO3. The Kier molecular flexibility index (Phi) is 5.96. The molecule has 0 fully saturated rings. The molecule has 2 N–H and O–H groups in total. The van der Waals surface area contributed by atoms with Crippen molar-refractivity contribution >= 4 is 23.3 Å². The summed E-state index contributed by atoms with van der Waals surface area (Å²) in [6.45, 7) is 0.322. The molecule has 1 atom stereocenters. The number of esters is 1. The van der Waals surface area contributed by atoms with Gasteiger partial charge in [-0.05, 0) is 35.4 Å². The molecule has 0 saturated heterocycles. The number of alkyl halides is 1. The van der Waals surface area contributed by atoms with Gasteiger partial charge in [0.05, 0.1) is 24.7 Å². The number of methoxy groups -OCH3 is 1. The lowest BCUT2D eigenvalue weighted by Gasteiger charge is -2.11. The number of anilines is 1. The first-order valence-electron chi connectivity index (χ1n) is 7.01. The molecule has 2 rings (SSSR count). The lowest BCUT2D eigenvalue weighted by Crippen LogP contribution is -2.20. The number of hydrogen-bond acceptors (Lipinski definition) is 4. The predicted molar refractivity (Wildman–Crippen MR) is 88.4 cm³/mol. The zero-order valence-corrected chi connectivity index (χ0v) is 13.3. The van der Waals surface area contributed by atoms with Gasteiger partial charge in [0.15, 0.2) is 0 Å². The number of carbonyl (C=O) groups excluding carboxylic acids is 1. The van der Waals surface area contributed by atoms with Gasteiger partial charge in [0.25, 0.3) is 0 Å². The van der Waals surface area contributed by atoms with Crippen molar-refractivity contribution in [1.29, 1.82) is 0 Å². The highest BCUT2D eigenvalue weighted by Crippen LogP contribution is 2.25. The number of aliphatic hydroxyl groups is 1. The quantitative estimate of drug-likeness (QED) is 0.627. The molecule has 122 valence electrons. The Morgan fingerprint density at radius 1 is 1.30 bits per heavy atom. The number of ether oxygens (including phenoxy) is 1. The van der Waals surface area contributed by atoms with E-state index in [0.29, 0.717) is 12.1 Å². The summed E-state index contributed by atoms with van der Waals surface area (Å²) in [5.41, 5.74) is 2.10. The molecule has 23 heavy (non-hydrogen) atoms. The number of nitrogens with one attached hydrogen (secondary N) is 1. The summed E-state index contributed by atoms with van der Waals surface area (Å²) in [4.78, 5) is 11.4. The minimum atomic E-state index is -0.709. The van der Waals surface area contributed by atoms with Crippen LogP contribution in [-0.4, -0.2) is 36.7 Å². The minimum absolute atomic E-state index is 0.101. The van der Waals surface area contributed by atoms with Crippen molar-refractivity contribution < 1.29 is 19.0 Å². The standard InChI is InChI=1S/C17H17ClFNO3/c1-23-17(22)15-6-5-12(8-16(15)19)11-3-2-4-13(7-11)20-10-14(21)9-18/h2-8,14,20-21H,9-10H2,1H3. The highest BCUT2D eigenvalue weighted by Gasteiger charge is 2.13. The molecule has 0 aromatic heterocycles. The van der Waals surface area contributed by atoms with E-state index in [1.54, 1.807) is 6.07 Å². The fraction of sp³-hybridized carbons (Fsp3) is 0.235. The highest BCUT2D eigenvalue weighted by molar-refractivity contribution is 6.18. The predicted octanol–water partition coefficient (Wildman–Crippen LogP) is 3.29. The average molecular weight is 338 g/mol. The number of benzene rings is 2. The Balaban J connectivity index is 2.22. The molecule has 6 heteroatoms. The summed E-state index contributed by atoms with van der Waals surface area (Å²) in [6.07, 6.45) is -0.642. The lowest BCUT2D eigenvalue weighted by atomic mass is 10.0. The van der Waals surface area contributed by atoms with Crippen LogP contribution >= 0.6 is 11.6 Å². The first-order valence-corrected chi connectivity index (χ1v) is 7.54. The second kappa shape index (κ2) is 7.94. The zero-order chi connectivity index (χ0) is 16.8. The molecule has 0 radical (unpaired) electrons. The second-order valence-electron chi connectivity index (χ2n) is 4.96. The SMILES string of the molecule is COC(=O)c1ccc(-c2cccc(NCC(O)CCl)c2)cc1F. The van der Waals surface area contributed by atoms with E-state index < -0.39 is 17.9 Å². The molecule has 0 aliphatic carbocycles. The first-order chi connectivity index (χ1) is 11.0. The largest absolute Gasteiger partial charge is 0.465 e. The van der Waals surface area contributed by atoms with E-state index in [-0.39, 0.29) is 11.4 Å². The van der Waals surface area contributed by atoms with Gasteiger partial charge in [0.1, 0.15) is 5.82 Å². The Bertz CT molecular complexity index is 693. The summed E-state index contributed by atoms with van der Waals surface area (Å²) >= 11 is 5.55. The van der Waals surface area contributed by atoms with Crippen LogP contribution in [0.4, 0.5) is 10.1 Å². The maximum atomic E-state index is 14.0. The molecule has 2 aromatic carbocycles. The Morgan fingerprint density at radius 3 is 2.70 bits per heavy atom. The fourth-order valence-corrected chi connectivity index (χ4v) is 2.18. The van der Waals surface area contributed by atoms with Crippen LogP contribution in [0.3, 0.4) is 0 Å². The van der Waals surface area contributed by atoms with E-state index in [4.69, 9.17) is 11.6 Å². The molecule has 4 nitrogen and oxygen atoms in total. The lowest BCUT2D eigenvalue weighted by molar-refractivity contribution is 0.0595. The molecular weight excluding hydrogens is 321 g/mol. The van der Waals surface area contributed by atoms with Gasteiger partial charge in [-0.3, -0.25) is 0 Å². The normalized spacial score (nSPS) is 11.8. The fourth-order valence-electron chi connectivity index (χ4n) is 2.07. The topological polar surface area (TPSA) is 58.6 Å². The van der Waals surface area contributed by atoms with Crippen molar-refractivity contribution in [2.24, 2.45) is 0 Å². The Labute approximate surface area is 138 Å². The number of carbonyl (C=O) groups is 1. The van der Waals surface area contributed by atoms with Gasteiger partial charge < -0.3 is 15.2 Å². The summed E-state index contributed by atoms with van der Waals surface area (Å²) in [6, 6.07) is 11.7. The number of halogens is 2. The van der Waals surface area contributed by atoms with Crippen LogP contribution in [-0.2, 0) is 4.74 Å². The van der Waals surface area contributed by atoms with Gasteiger partial charge in [-0.25, -0.2) is 9.18 Å². The van der Waals surface area contributed by atoms with Crippen LogP contribution < -0.4 is 5.32 Å². The van der Waals surface area contributed by atoms with Crippen LogP contribution in [0.1, 0.15) is 10.4 Å². The van der Waals surface area contributed by atoms with Crippen molar-refractivity contribution in [1.82, 2.24) is 0 Å². The third-order valence-electron chi connectivity index (χ3n) is 3.29. The molecule has 2 aromatic rings. The van der Waals surface area contributed by atoms with Crippen molar-refractivity contribution in [3.63, 3.8) is 0 Å². The molecule has 0 spiro atoms. The Morgan fingerprint density at radius 2 is 2.04 bits per heavy atom. The van der Waals surface area contributed by atoms with Gasteiger partial charge in [0, 0.05) is 12.2 Å². The van der Waals surface area contributed by atoms with E-state index in [0.717, 1.165) is 11.3 Å². The average Bonchev–Trinajstić information content (AvgIpc) is 2.59. The van der Waals surface area contributed by atoms with Crippen molar-refractivity contribution in [2.45, 2.75) is 6.10 Å². The first kappa shape index (κ1) is 17.2. The molecule has 1 unspecified atom stereocenters. The summed E-state index contributed by atoms with van der Waals surface area (Å²) in [5.74, 6) is -1.20. The monoisotopic (exact) mass is 337 g/mol. The third kappa shape index (κ3) is 4.43. The van der Waals surface area contributed by atoms with Gasteiger partial charge in [-0.1, -0.05) is 18.2 Å². The minimum Gasteiger partial charge on any atom is -0.465 e. The van der Waals surface area contributed by atoms with Crippen LogP contribution in [0.5, 0.6) is 0 Å². The molecule has 0 amide bonds. The summed E-state index contributed by atoms with van der Waals surface area (Å²) < 4.78 is 18.5. The summed E-state index contributed by atoms with van der Waals surface area (Å²) in [7, 11) is 1.21. The number of aliphatic hydroxyl groups excluding tert-OH is 1. The van der Waals surface area contributed by atoms with Gasteiger partial charge in [-0.2, -0.15) is 0 Å². The highest BCUT2D eigenvalue weighted by atomic mass is 35.5. The van der Waals surface area contributed by atoms with Crippen LogP contribution in [0.2, 0.25) is 0 Å².